The summed E-state index contributed by atoms with van der Waals surface area (Å²) >= 11 is 7.72. The summed E-state index contributed by atoms with van der Waals surface area (Å²) in [7, 11) is 0. The summed E-state index contributed by atoms with van der Waals surface area (Å²) in [5, 5.41) is 1.49. The van der Waals surface area contributed by atoms with Crippen molar-refractivity contribution in [2.45, 2.75) is 11.7 Å². The second-order valence-electron chi connectivity index (χ2n) is 6.70. The lowest BCUT2D eigenvalue weighted by Crippen LogP contribution is -2.03. The number of fused-ring (bicyclic) bond motifs is 1. The number of H-pyrrole nitrogens is 1. The predicted octanol–water partition coefficient (Wildman–Crippen LogP) is 7.14. The van der Waals surface area contributed by atoms with E-state index in [0.717, 1.165) is 38.9 Å². The number of aromatic nitrogens is 1. The van der Waals surface area contributed by atoms with Crippen molar-refractivity contribution < 1.29 is 8.78 Å². The van der Waals surface area contributed by atoms with Crippen LogP contribution in [0.1, 0.15) is 28.2 Å². The van der Waals surface area contributed by atoms with Gasteiger partial charge in [0.15, 0.2) is 0 Å². The highest BCUT2D eigenvalue weighted by molar-refractivity contribution is 7.97. The molecule has 5 heteroatoms. The number of benzene rings is 3. The van der Waals surface area contributed by atoms with E-state index in [9.17, 15) is 8.78 Å². The third kappa shape index (κ3) is 3.67. The van der Waals surface area contributed by atoms with E-state index in [4.69, 9.17) is 11.6 Å². The average Bonchev–Trinajstić information content (AvgIpc) is 3.09. The van der Waals surface area contributed by atoms with Crippen LogP contribution in [-0.2, 0) is 5.75 Å². The lowest BCUT2D eigenvalue weighted by Gasteiger charge is -2.18. The Hall–Kier alpha value is -2.30. The number of hydrogen-bond donors (Lipinski definition) is 1. The molecule has 0 aliphatic carbocycles. The summed E-state index contributed by atoms with van der Waals surface area (Å²) in [6, 6.07) is 17.2. The van der Waals surface area contributed by atoms with Crippen LogP contribution in [0.4, 0.5) is 8.78 Å². The Kier molecular flexibility index (Phi) is 5.42. The standard InChI is InChI=1S/C23H18ClF2NS/c1-28-13-16-10-19(26)11-20-21(12-27-23(16)20)22(14-2-6-17(24)7-3-14)15-4-8-18(25)9-5-15/h2-12,22,27H,13H2,1H3. The van der Waals surface area contributed by atoms with E-state index in [1.165, 1.54) is 12.1 Å². The van der Waals surface area contributed by atoms with Crippen molar-refractivity contribution in [3.8, 4) is 0 Å². The fraction of sp³-hybridized carbons (Fsp3) is 0.130. The van der Waals surface area contributed by atoms with Gasteiger partial charge in [-0.1, -0.05) is 35.9 Å². The molecule has 0 radical (unpaired) electrons. The minimum absolute atomic E-state index is 0.171. The first kappa shape index (κ1) is 19.0. The zero-order valence-corrected chi connectivity index (χ0v) is 16.7. The minimum Gasteiger partial charge on any atom is -0.361 e. The highest BCUT2D eigenvalue weighted by Crippen LogP contribution is 2.38. The zero-order chi connectivity index (χ0) is 19.7. The topological polar surface area (TPSA) is 15.8 Å². The normalized spacial score (nSPS) is 12.4. The van der Waals surface area contributed by atoms with Crippen molar-refractivity contribution in [1.29, 1.82) is 0 Å². The maximum absolute atomic E-state index is 14.4. The third-order valence-corrected chi connectivity index (χ3v) is 5.74. The van der Waals surface area contributed by atoms with Gasteiger partial charge in [-0.25, -0.2) is 8.78 Å². The number of thioether (sulfide) groups is 1. The molecule has 0 saturated carbocycles. The summed E-state index contributed by atoms with van der Waals surface area (Å²) in [5.41, 5.74) is 4.76. The molecule has 0 spiro atoms. The first-order chi connectivity index (χ1) is 13.6. The van der Waals surface area contributed by atoms with Crippen molar-refractivity contribution in [2.24, 2.45) is 0 Å². The molecule has 0 bridgehead atoms. The van der Waals surface area contributed by atoms with Crippen LogP contribution < -0.4 is 0 Å². The molecule has 1 unspecified atom stereocenters. The van der Waals surface area contributed by atoms with Crippen LogP contribution in [0.3, 0.4) is 0 Å². The van der Waals surface area contributed by atoms with Crippen LogP contribution >= 0.6 is 23.4 Å². The molecule has 1 atom stereocenters. The van der Waals surface area contributed by atoms with Crippen LogP contribution in [0.2, 0.25) is 5.02 Å². The number of nitrogens with one attached hydrogen (secondary N) is 1. The third-order valence-electron chi connectivity index (χ3n) is 4.89. The lowest BCUT2D eigenvalue weighted by atomic mass is 9.85. The van der Waals surface area contributed by atoms with E-state index in [-0.39, 0.29) is 17.6 Å². The van der Waals surface area contributed by atoms with Gasteiger partial charge in [-0.2, -0.15) is 11.8 Å². The fourth-order valence-electron chi connectivity index (χ4n) is 3.66. The Morgan fingerprint density at radius 3 is 2.21 bits per heavy atom. The van der Waals surface area contributed by atoms with E-state index < -0.39 is 0 Å². The lowest BCUT2D eigenvalue weighted by molar-refractivity contribution is 0.627. The quantitative estimate of drug-likeness (QED) is 0.367. The van der Waals surface area contributed by atoms with Gasteiger partial charge < -0.3 is 4.98 Å². The molecule has 1 heterocycles. The summed E-state index contributed by atoms with van der Waals surface area (Å²) in [6.07, 6.45) is 3.92. The van der Waals surface area contributed by atoms with Gasteiger partial charge in [0.25, 0.3) is 0 Å². The molecule has 0 saturated heterocycles. The van der Waals surface area contributed by atoms with Crippen molar-refractivity contribution in [2.75, 3.05) is 6.26 Å². The van der Waals surface area contributed by atoms with Gasteiger partial charge in [-0.15, -0.1) is 0 Å². The van der Waals surface area contributed by atoms with E-state index in [1.54, 1.807) is 36.0 Å². The monoisotopic (exact) mass is 413 g/mol. The van der Waals surface area contributed by atoms with E-state index >= 15 is 0 Å². The van der Waals surface area contributed by atoms with Gasteiger partial charge in [0.05, 0.1) is 0 Å². The highest BCUT2D eigenvalue weighted by atomic mass is 35.5. The maximum atomic E-state index is 14.4. The molecule has 4 rings (SSSR count). The predicted molar refractivity (Wildman–Crippen MR) is 114 cm³/mol. The Bertz CT molecular complexity index is 1060. The summed E-state index contributed by atoms with van der Waals surface area (Å²) in [5.74, 6) is 0.00357. The Labute approximate surface area is 171 Å². The average molecular weight is 414 g/mol. The molecule has 142 valence electrons. The van der Waals surface area contributed by atoms with Gasteiger partial charge in [0.1, 0.15) is 11.6 Å². The summed E-state index contributed by atoms with van der Waals surface area (Å²) in [6.45, 7) is 0. The Balaban J connectivity index is 1.94. The number of halogens is 3. The molecule has 1 aromatic heterocycles. The van der Waals surface area contributed by atoms with Gasteiger partial charge in [-0.05, 0) is 64.9 Å². The molecule has 0 fully saturated rings. The molecule has 1 nitrogen and oxygen atoms in total. The second kappa shape index (κ2) is 7.98. The van der Waals surface area contributed by atoms with Crippen molar-refractivity contribution in [3.05, 3.63) is 106 Å². The molecule has 28 heavy (non-hydrogen) atoms. The molecular weight excluding hydrogens is 396 g/mol. The zero-order valence-electron chi connectivity index (χ0n) is 15.2. The number of aromatic amines is 1. The van der Waals surface area contributed by atoms with Gasteiger partial charge in [0, 0.05) is 33.8 Å². The molecule has 4 aromatic rings. The van der Waals surface area contributed by atoms with Gasteiger partial charge in [-0.3, -0.25) is 0 Å². The molecule has 0 aliphatic heterocycles. The fourth-order valence-corrected chi connectivity index (χ4v) is 4.32. The van der Waals surface area contributed by atoms with Crippen LogP contribution in [-0.4, -0.2) is 11.2 Å². The van der Waals surface area contributed by atoms with Crippen molar-refractivity contribution in [3.63, 3.8) is 0 Å². The van der Waals surface area contributed by atoms with E-state index in [0.29, 0.717) is 5.02 Å². The molecule has 3 aromatic carbocycles. The van der Waals surface area contributed by atoms with E-state index in [1.807, 2.05) is 36.7 Å². The Morgan fingerprint density at radius 2 is 1.57 bits per heavy atom. The van der Waals surface area contributed by atoms with Crippen LogP contribution in [0.25, 0.3) is 10.9 Å². The van der Waals surface area contributed by atoms with Gasteiger partial charge in [0.2, 0.25) is 0 Å². The largest absolute Gasteiger partial charge is 0.361 e. The molecular formula is C23H18ClF2NS. The highest BCUT2D eigenvalue weighted by Gasteiger charge is 2.22. The van der Waals surface area contributed by atoms with E-state index in [2.05, 4.69) is 4.98 Å². The summed E-state index contributed by atoms with van der Waals surface area (Å²) < 4.78 is 27.9. The van der Waals surface area contributed by atoms with Crippen LogP contribution in [0.5, 0.6) is 0 Å². The SMILES string of the molecule is CSCc1cc(F)cc2c(C(c3ccc(F)cc3)c3ccc(Cl)cc3)c[nH]c12. The number of hydrogen-bond acceptors (Lipinski definition) is 1. The van der Waals surface area contributed by atoms with Crippen LogP contribution in [0.15, 0.2) is 66.9 Å². The summed E-state index contributed by atoms with van der Waals surface area (Å²) in [4.78, 5) is 3.33. The Morgan fingerprint density at radius 1 is 0.929 bits per heavy atom. The van der Waals surface area contributed by atoms with Crippen molar-refractivity contribution in [1.82, 2.24) is 4.98 Å². The van der Waals surface area contributed by atoms with Crippen LogP contribution in [0, 0.1) is 11.6 Å². The molecule has 1 N–H and O–H groups in total. The first-order valence-corrected chi connectivity index (χ1v) is 10.6. The second-order valence-corrected chi connectivity index (χ2v) is 8.00. The molecule has 0 amide bonds. The van der Waals surface area contributed by atoms with Crippen molar-refractivity contribution >= 4 is 34.3 Å². The smallest absolute Gasteiger partial charge is 0.124 e. The number of rotatable bonds is 5. The van der Waals surface area contributed by atoms with Gasteiger partial charge >= 0.3 is 0 Å². The molecule has 0 aliphatic rings. The minimum atomic E-state index is -0.286. The first-order valence-electron chi connectivity index (χ1n) is 8.86. The maximum Gasteiger partial charge on any atom is 0.124 e.